The van der Waals surface area contributed by atoms with Crippen LogP contribution < -0.4 is 25.4 Å². The van der Waals surface area contributed by atoms with Crippen LogP contribution in [0.25, 0.3) is 11.4 Å². The van der Waals surface area contributed by atoms with Gasteiger partial charge >= 0.3 is 0 Å². The Bertz CT molecular complexity index is 1180. The summed E-state index contributed by atoms with van der Waals surface area (Å²) in [5.74, 6) is 0. The second-order valence-corrected chi connectivity index (χ2v) is 8.93. The van der Waals surface area contributed by atoms with Crippen molar-refractivity contribution < 1.29 is 4.74 Å². The monoisotopic (exact) mass is 461 g/mol. The molecule has 0 radical (unpaired) electrons. The number of nitrogens with one attached hydrogen (secondary N) is 1. The zero-order chi connectivity index (χ0) is 23.5. The van der Waals surface area contributed by atoms with Gasteiger partial charge < -0.3 is 19.9 Å². The molecule has 2 aliphatic heterocycles. The SMILES string of the molecule is Cc1cc(N2CCNCC2)ccc1N1CCC(Oc2nc(-c3ccncn3)cc(=O)n2C)CC1. The van der Waals surface area contributed by atoms with E-state index in [1.165, 1.54) is 33.9 Å². The minimum absolute atomic E-state index is 0.00966. The number of ether oxygens (including phenoxy) is 1. The molecule has 2 aromatic heterocycles. The summed E-state index contributed by atoms with van der Waals surface area (Å²) in [6.07, 6.45) is 4.83. The standard InChI is InChI=1S/C25H31N7O2/c1-18-15-19(31-13-9-26-10-14-31)3-4-23(18)32-11-6-20(7-12-32)34-25-29-22(16-24(33)30(25)2)21-5-8-27-17-28-21/h3-5,8,15-17,20,26H,6-7,9-14H2,1-2H3. The molecule has 178 valence electrons. The summed E-state index contributed by atoms with van der Waals surface area (Å²) in [6.45, 7) is 8.18. The van der Waals surface area contributed by atoms with Gasteiger partial charge in [0.25, 0.3) is 11.6 Å². The molecule has 0 bridgehead atoms. The molecule has 0 spiro atoms. The first-order valence-corrected chi connectivity index (χ1v) is 11.9. The normalized spacial score (nSPS) is 17.1. The number of hydrogen-bond donors (Lipinski definition) is 1. The summed E-state index contributed by atoms with van der Waals surface area (Å²) < 4.78 is 7.67. The van der Waals surface area contributed by atoms with Crippen LogP contribution in [-0.4, -0.2) is 64.9 Å². The first kappa shape index (κ1) is 22.3. The second-order valence-electron chi connectivity index (χ2n) is 8.93. The van der Waals surface area contributed by atoms with Crippen molar-refractivity contribution in [3.63, 3.8) is 0 Å². The lowest BCUT2D eigenvalue weighted by Gasteiger charge is -2.35. The first-order valence-electron chi connectivity index (χ1n) is 11.9. The van der Waals surface area contributed by atoms with Crippen LogP contribution in [0.2, 0.25) is 0 Å². The van der Waals surface area contributed by atoms with Gasteiger partial charge in [-0.05, 0) is 36.8 Å². The van der Waals surface area contributed by atoms with E-state index in [9.17, 15) is 4.79 Å². The molecular formula is C25H31N7O2. The Morgan fingerprint density at radius 2 is 1.79 bits per heavy atom. The number of hydrogen-bond acceptors (Lipinski definition) is 8. The summed E-state index contributed by atoms with van der Waals surface area (Å²) in [6, 6.07) is 10.3. The number of rotatable bonds is 5. The summed E-state index contributed by atoms with van der Waals surface area (Å²) >= 11 is 0. The van der Waals surface area contributed by atoms with E-state index in [1.54, 1.807) is 19.3 Å². The molecule has 5 rings (SSSR count). The van der Waals surface area contributed by atoms with Crippen molar-refractivity contribution in [2.24, 2.45) is 7.05 Å². The molecule has 1 aromatic carbocycles. The highest BCUT2D eigenvalue weighted by Crippen LogP contribution is 2.29. The first-order chi connectivity index (χ1) is 16.6. The number of aryl methyl sites for hydroxylation is 1. The molecule has 0 unspecified atom stereocenters. The third-order valence-corrected chi connectivity index (χ3v) is 6.66. The maximum atomic E-state index is 12.5. The van der Waals surface area contributed by atoms with Gasteiger partial charge in [-0.15, -0.1) is 0 Å². The van der Waals surface area contributed by atoms with Crippen molar-refractivity contribution in [1.29, 1.82) is 0 Å². The minimum atomic E-state index is -0.170. The lowest BCUT2D eigenvalue weighted by Crippen LogP contribution is -2.43. The molecule has 0 aliphatic carbocycles. The van der Waals surface area contributed by atoms with E-state index < -0.39 is 0 Å². The van der Waals surface area contributed by atoms with Crippen LogP contribution in [0.4, 0.5) is 11.4 Å². The van der Waals surface area contributed by atoms with Crippen molar-refractivity contribution in [3.8, 4) is 17.4 Å². The summed E-state index contributed by atoms with van der Waals surface area (Å²) in [5.41, 5.74) is 4.82. The molecule has 3 aromatic rings. The van der Waals surface area contributed by atoms with E-state index in [1.807, 2.05) is 0 Å². The lowest BCUT2D eigenvalue weighted by atomic mass is 10.0. The fourth-order valence-electron chi connectivity index (χ4n) is 4.68. The van der Waals surface area contributed by atoms with Crippen LogP contribution in [0.15, 0.2) is 47.7 Å². The summed E-state index contributed by atoms with van der Waals surface area (Å²) in [4.78, 5) is 30.1. The van der Waals surface area contributed by atoms with Crippen LogP contribution in [-0.2, 0) is 7.05 Å². The van der Waals surface area contributed by atoms with Crippen LogP contribution in [0.3, 0.4) is 0 Å². The van der Waals surface area contributed by atoms with Gasteiger partial charge in [-0.2, -0.15) is 4.98 Å². The maximum absolute atomic E-state index is 12.5. The summed E-state index contributed by atoms with van der Waals surface area (Å²) in [5, 5.41) is 3.41. The van der Waals surface area contributed by atoms with Crippen LogP contribution >= 0.6 is 0 Å². The molecule has 0 amide bonds. The van der Waals surface area contributed by atoms with E-state index in [0.717, 1.165) is 52.1 Å². The number of piperidine rings is 1. The molecule has 0 saturated carbocycles. The Balaban J connectivity index is 1.25. The highest BCUT2D eigenvalue weighted by Gasteiger charge is 2.24. The molecule has 2 aliphatic rings. The van der Waals surface area contributed by atoms with Crippen molar-refractivity contribution in [2.75, 3.05) is 49.1 Å². The Labute approximate surface area is 199 Å². The maximum Gasteiger partial charge on any atom is 0.299 e. The minimum Gasteiger partial charge on any atom is -0.461 e. The predicted octanol–water partition coefficient (Wildman–Crippen LogP) is 2.00. The molecule has 4 heterocycles. The van der Waals surface area contributed by atoms with Crippen molar-refractivity contribution in [1.82, 2.24) is 24.8 Å². The molecule has 2 fully saturated rings. The molecule has 34 heavy (non-hydrogen) atoms. The molecule has 9 heteroatoms. The van der Waals surface area contributed by atoms with Gasteiger partial charge in [-0.25, -0.2) is 9.97 Å². The zero-order valence-electron chi connectivity index (χ0n) is 19.8. The molecule has 9 nitrogen and oxygen atoms in total. The van der Waals surface area contributed by atoms with Gasteiger partial charge in [-0.3, -0.25) is 9.36 Å². The van der Waals surface area contributed by atoms with Gasteiger partial charge in [0.1, 0.15) is 12.4 Å². The van der Waals surface area contributed by atoms with Crippen molar-refractivity contribution in [2.45, 2.75) is 25.9 Å². The molecule has 1 N–H and O–H groups in total. The number of benzene rings is 1. The van der Waals surface area contributed by atoms with E-state index in [2.05, 4.69) is 55.2 Å². The number of anilines is 2. The average molecular weight is 462 g/mol. The Kier molecular flexibility index (Phi) is 6.44. The van der Waals surface area contributed by atoms with Gasteiger partial charge in [0.15, 0.2) is 0 Å². The average Bonchev–Trinajstić information content (AvgIpc) is 2.88. The van der Waals surface area contributed by atoms with E-state index >= 15 is 0 Å². The van der Waals surface area contributed by atoms with Gasteiger partial charge in [0.2, 0.25) is 0 Å². The van der Waals surface area contributed by atoms with Crippen molar-refractivity contribution in [3.05, 3.63) is 58.8 Å². The quantitative estimate of drug-likeness (QED) is 0.617. The highest BCUT2D eigenvalue weighted by atomic mass is 16.5. The third-order valence-electron chi connectivity index (χ3n) is 6.66. The number of nitrogens with zero attached hydrogens (tertiary/aromatic N) is 6. The zero-order valence-corrected chi connectivity index (χ0v) is 19.8. The highest BCUT2D eigenvalue weighted by molar-refractivity contribution is 5.62. The lowest BCUT2D eigenvalue weighted by molar-refractivity contribution is 0.149. The van der Waals surface area contributed by atoms with Gasteiger partial charge in [0.05, 0.1) is 11.4 Å². The fraction of sp³-hybridized carbons (Fsp3) is 0.440. The van der Waals surface area contributed by atoms with E-state index in [-0.39, 0.29) is 11.7 Å². The Hall–Kier alpha value is -3.46. The van der Waals surface area contributed by atoms with E-state index in [4.69, 9.17) is 4.74 Å². The second kappa shape index (κ2) is 9.80. The molecule has 2 saturated heterocycles. The van der Waals surface area contributed by atoms with Crippen LogP contribution in [0, 0.1) is 6.92 Å². The third kappa shape index (κ3) is 4.75. The summed E-state index contributed by atoms with van der Waals surface area (Å²) in [7, 11) is 1.69. The number of aromatic nitrogens is 4. The topological polar surface area (TPSA) is 88.4 Å². The van der Waals surface area contributed by atoms with E-state index in [0.29, 0.717) is 17.4 Å². The van der Waals surface area contributed by atoms with Crippen molar-refractivity contribution >= 4 is 11.4 Å². The van der Waals surface area contributed by atoms with Gasteiger partial charge in [0, 0.05) is 82.8 Å². The van der Waals surface area contributed by atoms with Crippen LogP contribution in [0.5, 0.6) is 6.01 Å². The number of piperazine rings is 1. The largest absolute Gasteiger partial charge is 0.461 e. The van der Waals surface area contributed by atoms with Gasteiger partial charge in [-0.1, -0.05) is 0 Å². The smallest absolute Gasteiger partial charge is 0.299 e. The van der Waals surface area contributed by atoms with Crippen LogP contribution in [0.1, 0.15) is 18.4 Å². The Morgan fingerprint density at radius 1 is 1.00 bits per heavy atom. The molecular weight excluding hydrogens is 430 g/mol. The molecule has 0 atom stereocenters. The fourth-order valence-corrected chi connectivity index (χ4v) is 4.68. The predicted molar refractivity (Wildman–Crippen MR) is 133 cm³/mol. The Morgan fingerprint density at radius 3 is 2.50 bits per heavy atom.